The molecule has 1 aromatic carbocycles. The lowest BCUT2D eigenvalue weighted by Crippen LogP contribution is -2.44. The number of ether oxygens (including phenoxy) is 1. The zero-order valence-electron chi connectivity index (χ0n) is 17.1. The number of carbonyl (C=O) groups is 1. The summed E-state index contributed by atoms with van der Waals surface area (Å²) in [5, 5.41) is 7.22. The van der Waals surface area contributed by atoms with Crippen LogP contribution >= 0.6 is 0 Å². The summed E-state index contributed by atoms with van der Waals surface area (Å²) in [6.45, 7) is 4.48. The molecule has 156 valence electrons. The maximum atomic E-state index is 12.6. The van der Waals surface area contributed by atoms with Crippen LogP contribution in [-0.4, -0.2) is 51.9 Å². The largest absolute Gasteiger partial charge is 0.492 e. The molecule has 0 bridgehead atoms. The monoisotopic (exact) mass is 406 g/mol. The number of carbonyl (C=O) groups excluding carboxylic acids is 1. The molecule has 0 saturated carbocycles. The Kier molecular flexibility index (Phi) is 6.22. The van der Waals surface area contributed by atoms with Gasteiger partial charge in [-0.15, -0.1) is 0 Å². The van der Waals surface area contributed by atoms with E-state index in [1.807, 2.05) is 49.5 Å². The first-order chi connectivity index (χ1) is 14.7. The first-order valence-corrected chi connectivity index (χ1v) is 10.2. The molecule has 3 aromatic rings. The second-order valence-corrected chi connectivity index (χ2v) is 7.42. The van der Waals surface area contributed by atoms with Crippen molar-refractivity contribution in [3.8, 4) is 11.6 Å². The highest BCUT2D eigenvalue weighted by atomic mass is 16.5. The van der Waals surface area contributed by atoms with Gasteiger partial charge in [-0.2, -0.15) is 5.10 Å². The Morgan fingerprint density at radius 1 is 1.23 bits per heavy atom. The van der Waals surface area contributed by atoms with Crippen molar-refractivity contribution < 1.29 is 9.53 Å². The Bertz CT molecular complexity index is 958. The fraction of sp³-hybridized carbons (Fsp3) is 0.364. The van der Waals surface area contributed by atoms with E-state index in [-0.39, 0.29) is 11.8 Å². The average Bonchev–Trinajstić information content (AvgIpc) is 3.33. The van der Waals surface area contributed by atoms with Gasteiger partial charge in [0.2, 0.25) is 5.91 Å². The van der Waals surface area contributed by atoms with Crippen molar-refractivity contribution >= 4 is 11.7 Å². The summed E-state index contributed by atoms with van der Waals surface area (Å²) in [4.78, 5) is 23.5. The molecule has 8 nitrogen and oxygen atoms in total. The van der Waals surface area contributed by atoms with Crippen LogP contribution in [0.1, 0.15) is 18.4 Å². The summed E-state index contributed by atoms with van der Waals surface area (Å²) in [5.41, 5.74) is 1.19. The first kappa shape index (κ1) is 19.9. The van der Waals surface area contributed by atoms with Gasteiger partial charge in [0.05, 0.1) is 12.5 Å². The predicted octanol–water partition coefficient (Wildman–Crippen LogP) is 2.38. The van der Waals surface area contributed by atoms with Crippen molar-refractivity contribution in [2.45, 2.75) is 19.8 Å². The molecule has 0 spiro atoms. The molecule has 4 rings (SSSR count). The van der Waals surface area contributed by atoms with Crippen molar-refractivity contribution in [2.75, 3.05) is 31.1 Å². The van der Waals surface area contributed by atoms with E-state index in [2.05, 4.69) is 25.3 Å². The molecule has 1 saturated heterocycles. The van der Waals surface area contributed by atoms with Gasteiger partial charge in [0.1, 0.15) is 24.5 Å². The molecular weight excluding hydrogens is 380 g/mol. The van der Waals surface area contributed by atoms with E-state index in [1.165, 1.54) is 5.56 Å². The van der Waals surface area contributed by atoms with Crippen LogP contribution in [0, 0.1) is 12.8 Å². The van der Waals surface area contributed by atoms with Crippen LogP contribution < -0.4 is 15.0 Å². The Hall–Kier alpha value is -3.42. The Morgan fingerprint density at radius 2 is 2.07 bits per heavy atom. The molecular formula is C22H26N6O2. The van der Waals surface area contributed by atoms with E-state index in [4.69, 9.17) is 4.74 Å². The first-order valence-electron chi connectivity index (χ1n) is 10.2. The van der Waals surface area contributed by atoms with Crippen LogP contribution in [0.2, 0.25) is 0 Å². The van der Waals surface area contributed by atoms with Gasteiger partial charge in [-0.05, 0) is 38.0 Å². The Balaban J connectivity index is 1.28. The number of anilines is 1. The van der Waals surface area contributed by atoms with Crippen molar-refractivity contribution in [3.05, 3.63) is 60.7 Å². The summed E-state index contributed by atoms with van der Waals surface area (Å²) in [6, 6.07) is 11.7. The van der Waals surface area contributed by atoms with E-state index >= 15 is 0 Å². The number of benzene rings is 1. The summed E-state index contributed by atoms with van der Waals surface area (Å²) in [7, 11) is 0. The predicted molar refractivity (Wildman–Crippen MR) is 114 cm³/mol. The van der Waals surface area contributed by atoms with Gasteiger partial charge in [-0.3, -0.25) is 4.79 Å². The van der Waals surface area contributed by atoms with E-state index < -0.39 is 0 Å². The molecule has 0 radical (unpaired) electrons. The van der Waals surface area contributed by atoms with Gasteiger partial charge < -0.3 is 15.0 Å². The lowest BCUT2D eigenvalue weighted by molar-refractivity contribution is -0.125. The SMILES string of the molecule is Cc1ccc(OCCNC(=O)C2CCCN(c3cc(-n4cccn4)ncn3)C2)cc1. The lowest BCUT2D eigenvalue weighted by Gasteiger charge is -2.32. The summed E-state index contributed by atoms with van der Waals surface area (Å²) in [6.07, 6.45) is 6.92. The average molecular weight is 406 g/mol. The molecule has 1 aliphatic heterocycles. The third-order valence-electron chi connectivity index (χ3n) is 5.18. The molecule has 1 fully saturated rings. The van der Waals surface area contributed by atoms with Crippen LogP contribution in [0.3, 0.4) is 0 Å². The number of nitrogens with zero attached hydrogens (tertiary/aromatic N) is 5. The molecule has 1 amide bonds. The second-order valence-electron chi connectivity index (χ2n) is 7.42. The van der Waals surface area contributed by atoms with E-state index in [0.717, 1.165) is 31.0 Å². The van der Waals surface area contributed by atoms with Gasteiger partial charge in [0.25, 0.3) is 0 Å². The van der Waals surface area contributed by atoms with Crippen molar-refractivity contribution in [1.82, 2.24) is 25.1 Å². The van der Waals surface area contributed by atoms with E-state index in [9.17, 15) is 4.79 Å². The molecule has 1 N–H and O–H groups in total. The second kappa shape index (κ2) is 9.39. The summed E-state index contributed by atoms with van der Waals surface area (Å²) >= 11 is 0. The normalized spacial score (nSPS) is 16.3. The minimum absolute atomic E-state index is 0.0635. The van der Waals surface area contributed by atoms with Gasteiger partial charge in [-0.25, -0.2) is 14.6 Å². The van der Waals surface area contributed by atoms with Crippen LogP contribution in [0.25, 0.3) is 5.82 Å². The number of nitrogens with one attached hydrogen (secondary N) is 1. The summed E-state index contributed by atoms with van der Waals surface area (Å²) < 4.78 is 7.39. The molecule has 2 aromatic heterocycles. The van der Waals surface area contributed by atoms with Gasteiger partial charge in [-0.1, -0.05) is 17.7 Å². The molecule has 30 heavy (non-hydrogen) atoms. The zero-order valence-corrected chi connectivity index (χ0v) is 17.1. The van der Waals surface area contributed by atoms with Crippen molar-refractivity contribution in [1.29, 1.82) is 0 Å². The van der Waals surface area contributed by atoms with E-state index in [0.29, 0.717) is 25.5 Å². The Labute approximate surface area is 175 Å². The quantitative estimate of drug-likeness (QED) is 0.607. The third-order valence-corrected chi connectivity index (χ3v) is 5.18. The highest BCUT2D eigenvalue weighted by Gasteiger charge is 2.26. The smallest absolute Gasteiger partial charge is 0.225 e. The topological polar surface area (TPSA) is 85.2 Å². The number of aromatic nitrogens is 4. The molecule has 0 aliphatic carbocycles. The minimum atomic E-state index is -0.0683. The molecule has 1 atom stereocenters. The Morgan fingerprint density at radius 3 is 2.87 bits per heavy atom. The van der Waals surface area contributed by atoms with Gasteiger partial charge >= 0.3 is 0 Å². The fourth-order valence-electron chi connectivity index (χ4n) is 3.56. The molecule has 3 heterocycles. The lowest BCUT2D eigenvalue weighted by atomic mass is 9.97. The highest BCUT2D eigenvalue weighted by Crippen LogP contribution is 2.22. The maximum Gasteiger partial charge on any atom is 0.225 e. The zero-order chi connectivity index (χ0) is 20.8. The number of hydrogen-bond donors (Lipinski definition) is 1. The molecule has 1 aliphatic rings. The number of hydrogen-bond acceptors (Lipinski definition) is 6. The number of aryl methyl sites for hydroxylation is 1. The van der Waals surface area contributed by atoms with Crippen LogP contribution in [-0.2, 0) is 4.79 Å². The minimum Gasteiger partial charge on any atom is -0.492 e. The third kappa shape index (κ3) is 4.94. The van der Waals surface area contributed by atoms with Crippen LogP contribution in [0.4, 0.5) is 5.82 Å². The fourth-order valence-corrected chi connectivity index (χ4v) is 3.56. The van der Waals surface area contributed by atoms with Crippen LogP contribution in [0.15, 0.2) is 55.1 Å². The molecule has 1 unspecified atom stereocenters. The van der Waals surface area contributed by atoms with Crippen molar-refractivity contribution in [2.24, 2.45) is 5.92 Å². The molecule has 8 heteroatoms. The standard InChI is InChI=1S/C22H26N6O2/c1-17-5-7-19(8-6-17)30-13-10-23-22(29)18-4-2-11-27(15-18)20-14-21(25-16-24-20)28-12-3-9-26-28/h3,5-9,12,14,16,18H,2,4,10-11,13,15H2,1H3,(H,23,29). The number of rotatable bonds is 7. The maximum absolute atomic E-state index is 12.6. The van der Waals surface area contributed by atoms with Crippen molar-refractivity contribution in [3.63, 3.8) is 0 Å². The highest BCUT2D eigenvalue weighted by molar-refractivity contribution is 5.79. The van der Waals surface area contributed by atoms with E-state index in [1.54, 1.807) is 17.2 Å². The van der Waals surface area contributed by atoms with Gasteiger partial charge in [0.15, 0.2) is 5.82 Å². The number of amides is 1. The van der Waals surface area contributed by atoms with Crippen LogP contribution in [0.5, 0.6) is 5.75 Å². The number of piperidine rings is 1. The van der Waals surface area contributed by atoms with Gasteiger partial charge in [0, 0.05) is 31.5 Å². The summed E-state index contributed by atoms with van der Waals surface area (Å²) in [5.74, 6) is 2.34.